The van der Waals surface area contributed by atoms with Gasteiger partial charge in [-0.05, 0) is 86.0 Å². The molecule has 3 aromatic rings. The number of carbonyl (C=O) groups excluding carboxylic acids is 1. The summed E-state index contributed by atoms with van der Waals surface area (Å²) >= 11 is 0. The summed E-state index contributed by atoms with van der Waals surface area (Å²) in [6.07, 6.45) is 5.81. The molecule has 2 aliphatic rings. The van der Waals surface area contributed by atoms with Gasteiger partial charge in [0.2, 0.25) is 5.91 Å². The van der Waals surface area contributed by atoms with Crippen LogP contribution in [0, 0.1) is 5.92 Å². The number of aryl methyl sites for hydroxylation is 2. The Balaban J connectivity index is 1.17. The zero-order valence-corrected chi connectivity index (χ0v) is 22.4. The Hall–Kier alpha value is -3.71. The van der Waals surface area contributed by atoms with Crippen molar-refractivity contribution in [3.63, 3.8) is 0 Å². The number of piperidine rings is 1. The van der Waals surface area contributed by atoms with E-state index in [0.29, 0.717) is 6.54 Å². The van der Waals surface area contributed by atoms with Gasteiger partial charge in [-0.15, -0.1) is 0 Å². The molecular formula is C32H38N4O3. The molecule has 0 spiro atoms. The molecule has 1 fully saturated rings. The highest BCUT2D eigenvalue weighted by Crippen LogP contribution is 2.26. The molecule has 3 heterocycles. The number of anilines is 1. The molecule has 0 radical (unpaired) electrons. The lowest BCUT2D eigenvalue weighted by atomic mass is 9.94. The molecule has 7 nitrogen and oxygen atoms in total. The summed E-state index contributed by atoms with van der Waals surface area (Å²) in [6, 6.07) is 21.6. The Morgan fingerprint density at radius 2 is 1.90 bits per heavy atom. The Bertz CT molecular complexity index is 1280. The fourth-order valence-corrected chi connectivity index (χ4v) is 5.75. The van der Waals surface area contributed by atoms with Crippen LogP contribution < -0.4 is 10.6 Å². The van der Waals surface area contributed by atoms with Gasteiger partial charge in [0.1, 0.15) is 5.82 Å². The first-order valence-corrected chi connectivity index (χ1v) is 14.2. The molecule has 7 heteroatoms. The number of carbonyl (C=O) groups is 2. The molecule has 5 rings (SSSR count). The highest BCUT2D eigenvalue weighted by molar-refractivity contribution is 5.80. The molecule has 1 aromatic heterocycles. The second-order valence-corrected chi connectivity index (χ2v) is 10.7. The molecule has 2 aromatic carbocycles. The van der Waals surface area contributed by atoms with Crippen LogP contribution in [0.3, 0.4) is 0 Å². The largest absolute Gasteiger partial charge is 0.481 e. The van der Waals surface area contributed by atoms with E-state index in [1.54, 1.807) is 0 Å². The van der Waals surface area contributed by atoms with Crippen LogP contribution in [0.4, 0.5) is 5.82 Å². The van der Waals surface area contributed by atoms with Gasteiger partial charge in [-0.3, -0.25) is 9.59 Å². The van der Waals surface area contributed by atoms with Crippen molar-refractivity contribution >= 4 is 17.7 Å². The van der Waals surface area contributed by atoms with Crippen molar-refractivity contribution in [2.75, 3.05) is 31.5 Å². The monoisotopic (exact) mass is 526 g/mol. The topological polar surface area (TPSA) is 94.6 Å². The number of nitrogens with zero attached hydrogens (tertiary/aromatic N) is 2. The summed E-state index contributed by atoms with van der Waals surface area (Å²) in [4.78, 5) is 32.2. The van der Waals surface area contributed by atoms with E-state index in [0.717, 1.165) is 86.4 Å². The van der Waals surface area contributed by atoms with Crippen molar-refractivity contribution in [2.24, 2.45) is 5.92 Å². The second-order valence-electron chi connectivity index (χ2n) is 10.7. The van der Waals surface area contributed by atoms with Crippen molar-refractivity contribution < 1.29 is 14.7 Å². The normalized spacial score (nSPS) is 18.0. The van der Waals surface area contributed by atoms with E-state index >= 15 is 0 Å². The number of carboxylic acid groups (broad SMARTS) is 1. The summed E-state index contributed by atoms with van der Waals surface area (Å²) in [5.41, 5.74) is 5.30. The number of amides is 1. The maximum absolute atomic E-state index is 13.3. The predicted molar refractivity (Wildman–Crippen MR) is 154 cm³/mol. The van der Waals surface area contributed by atoms with Crippen molar-refractivity contribution in [2.45, 2.75) is 51.0 Å². The van der Waals surface area contributed by atoms with Gasteiger partial charge in [0.05, 0.1) is 18.4 Å². The highest BCUT2D eigenvalue weighted by atomic mass is 16.4. The van der Waals surface area contributed by atoms with Gasteiger partial charge < -0.3 is 20.6 Å². The molecule has 0 unspecified atom stereocenters. The first-order chi connectivity index (χ1) is 19.0. The van der Waals surface area contributed by atoms with Crippen molar-refractivity contribution in [1.29, 1.82) is 0 Å². The number of aromatic nitrogens is 1. The summed E-state index contributed by atoms with van der Waals surface area (Å²) in [6.45, 7) is 3.61. The van der Waals surface area contributed by atoms with Gasteiger partial charge in [-0.1, -0.05) is 54.6 Å². The number of hydrogen-bond acceptors (Lipinski definition) is 5. The van der Waals surface area contributed by atoms with Crippen LogP contribution in [-0.2, 0) is 22.4 Å². The average Bonchev–Trinajstić information content (AvgIpc) is 2.97. The van der Waals surface area contributed by atoms with Gasteiger partial charge in [-0.2, -0.15) is 0 Å². The maximum Gasteiger partial charge on any atom is 0.305 e. The predicted octanol–water partition coefficient (Wildman–Crippen LogP) is 5.08. The number of likely N-dealkylation sites (tertiary alicyclic amines) is 1. The number of fused-ring (bicyclic) bond motifs is 1. The SMILES string of the molecule is O=C(O)C[C@H](NC(=O)[C@@H]1CCCN(CCCc2ccc3c(n2)NCCC3)C1)c1cccc(-c2ccccc2)c1. The number of carboxylic acids is 1. The summed E-state index contributed by atoms with van der Waals surface area (Å²) in [5.74, 6) is -0.0859. The van der Waals surface area contributed by atoms with Crippen LogP contribution >= 0.6 is 0 Å². The maximum atomic E-state index is 13.3. The minimum absolute atomic E-state index is 0.0570. The number of rotatable bonds is 10. The molecule has 204 valence electrons. The van der Waals surface area contributed by atoms with E-state index in [1.165, 1.54) is 5.56 Å². The standard InChI is InChI=1S/C32H38N4O3/c37-30(38)21-29(26-11-4-10-25(20-26)23-8-2-1-3-9-23)35-32(39)27-13-6-18-36(22-27)19-7-14-28-16-15-24-12-5-17-33-31(24)34-28/h1-4,8-11,15-16,20,27,29H,5-7,12-14,17-19,21-22H2,(H,33,34)(H,35,39)(H,37,38)/t27-,29+/m1/s1. The lowest BCUT2D eigenvalue weighted by Crippen LogP contribution is -2.44. The molecular weight excluding hydrogens is 488 g/mol. The van der Waals surface area contributed by atoms with Crippen LogP contribution in [0.1, 0.15) is 55.0 Å². The van der Waals surface area contributed by atoms with E-state index in [2.05, 4.69) is 27.7 Å². The molecule has 0 saturated carbocycles. The number of pyridine rings is 1. The van der Waals surface area contributed by atoms with E-state index in [4.69, 9.17) is 4.98 Å². The molecule has 39 heavy (non-hydrogen) atoms. The van der Waals surface area contributed by atoms with Gasteiger partial charge in [0, 0.05) is 18.8 Å². The van der Waals surface area contributed by atoms with Crippen LogP contribution in [0.5, 0.6) is 0 Å². The van der Waals surface area contributed by atoms with Gasteiger partial charge >= 0.3 is 5.97 Å². The molecule has 2 atom stereocenters. The Labute approximate surface area is 230 Å². The zero-order valence-electron chi connectivity index (χ0n) is 22.4. The molecule has 1 saturated heterocycles. The van der Waals surface area contributed by atoms with E-state index < -0.39 is 12.0 Å². The molecule has 0 bridgehead atoms. The minimum atomic E-state index is -0.929. The zero-order chi connectivity index (χ0) is 27.0. The molecule has 1 amide bonds. The number of hydrogen-bond donors (Lipinski definition) is 3. The number of aliphatic carboxylic acids is 1. The Morgan fingerprint density at radius 1 is 1.05 bits per heavy atom. The van der Waals surface area contributed by atoms with Gasteiger partial charge in [-0.25, -0.2) is 4.98 Å². The highest BCUT2D eigenvalue weighted by Gasteiger charge is 2.28. The fourth-order valence-electron chi connectivity index (χ4n) is 5.75. The van der Waals surface area contributed by atoms with Crippen LogP contribution in [0.25, 0.3) is 11.1 Å². The van der Waals surface area contributed by atoms with E-state index in [-0.39, 0.29) is 18.2 Å². The fraction of sp³-hybridized carbons (Fsp3) is 0.406. The Kier molecular flexibility index (Phi) is 8.89. The van der Waals surface area contributed by atoms with Gasteiger partial charge in [0.25, 0.3) is 0 Å². The molecule has 0 aliphatic carbocycles. The third-order valence-corrected chi connectivity index (χ3v) is 7.83. The summed E-state index contributed by atoms with van der Waals surface area (Å²) in [7, 11) is 0. The van der Waals surface area contributed by atoms with Crippen molar-refractivity contribution in [1.82, 2.24) is 15.2 Å². The summed E-state index contributed by atoms with van der Waals surface area (Å²) < 4.78 is 0. The molecule has 3 N–H and O–H groups in total. The number of benzene rings is 2. The first-order valence-electron chi connectivity index (χ1n) is 14.2. The Morgan fingerprint density at radius 3 is 2.74 bits per heavy atom. The lowest BCUT2D eigenvalue weighted by molar-refractivity contribution is -0.138. The third-order valence-electron chi connectivity index (χ3n) is 7.83. The third kappa shape index (κ3) is 7.24. The minimum Gasteiger partial charge on any atom is -0.481 e. The number of nitrogens with one attached hydrogen (secondary N) is 2. The first kappa shape index (κ1) is 26.9. The average molecular weight is 527 g/mol. The van der Waals surface area contributed by atoms with E-state index in [9.17, 15) is 14.7 Å². The van der Waals surface area contributed by atoms with E-state index in [1.807, 2.05) is 54.6 Å². The van der Waals surface area contributed by atoms with Crippen LogP contribution in [-0.4, -0.2) is 53.0 Å². The quantitative estimate of drug-likeness (QED) is 0.341. The smallest absolute Gasteiger partial charge is 0.305 e. The van der Waals surface area contributed by atoms with Crippen molar-refractivity contribution in [3.05, 3.63) is 83.6 Å². The summed E-state index contributed by atoms with van der Waals surface area (Å²) in [5, 5.41) is 16.1. The lowest BCUT2D eigenvalue weighted by Gasteiger charge is -2.33. The van der Waals surface area contributed by atoms with Crippen LogP contribution in [0.2, 0.25) is 0 Å². The van der Waals surface area contributed by atoms with Gasteiger partial charge in [0.15, 0.2) is 0 Å². The second kappa shape index (κ2) is 12.9. The molecule has 2 aliphatic heterocycles. The van der Waals surface area contributed by atoms with Crippen molar-refractivity contribution in [3.8, 4) is 11.1 Å². The van der Waals surface area contributed by atoms with Crippen LogP contribution in [0.15, 0.2) is 66.7 Å².